The minimum atomic E-state index is -0.938. The zero-order valence-electron chi connectivity index (χ0n) is 9.98. The van der Waals surface area contributed by atoms with Gasteiger partial charge in [-0.15, -0.1) is 11.3 Å². The summed E-state index contributed by atoms with van der Waals surface area (Å²) >= 11 is 1.29. The molecule has 0 saturated heterocycles. The number of amides is 2. The van der Waals surface area contributed by atoms with Gasteiger partial charge >= 0.3 is 6.03 Å². The predicted molar refractivity (Wildman–Crippen MR) is 69.0 cm³/mol. The van der Waals surface area contributed by atoms with Crippen LogP contribution in [0.15, 0.2) is 29.8 Å². The predicted octanol–water partition coefficient (Wildman–Crippen LogP) is 3.30. The summed E-state index contributed by atoms with van der Waals surface area (Å²) in [6, 6.07) is 2.61. The van der Waals surface area contributed by atoms with E-state index in [2.05, 4.69) is 15.6 Å². The van der Waals surface area contributed by atoms with Crippen LogP contribution in [-0.4, -0.2) is 11.0 Å². The van der Waals surface area contributed by atoms with Crippen molar-refractivity contribution in [1.29, 1.82) is 0 Å². The van der Waals surface area contributed by atoms with Crippen molar-refractivity contribution in [3.63, 3.8) is 0 Å². The molecule has 2 aromatic rings. The summed E-state index contributed by atoms with van der Waals surface area (Å²) in [4.78, 5) is 15.5. The molecule has 7 heteroatoms. The van der Waals surface area contributed by atoms with Crippen LogP contribution in [0.2, 0.25) is 0 Å². The fraction of sp³-hybridized carbons (Fsp3) is 0.167. The molecule has 0 aliphatic rings. The number of rotatable bonds is 3. The Bertz CT molecular complexity index is 574. The lowest BCUT2D eigenvalue weighted by Gasteiger charge is -2.14. The van der Waals surface area contributed by atoms with E-state index in [9.17, 15) is 13.6 Å². The van der Waals surface area contributed by atoms with E-state index in [1.807, 2.05) is 0 Å². The van der Waals surface area contributed by atoms with Gasteiger partial charge in [0.15, 0.2) is 16.8 Å². The normalized spacial score (nSPS) is 11.9. The Kier molecular flexibility index (Phi) is 4.06. The first-order valence-electron chi connectivity index (χ1n) is 5.48. The van der Waals surface area contributed by atoms with Crippen LogP contribution in [0.3, 0.4) is 0 Å². The molecule has 0 radical (unpaired) electrons. The lowest BCUT2D eigenvalue weighted by atomic mass is 10.1. The minimum absolute atomic E-state index is 0.449. The first-order chi connectivity index (χ1) is 9.06. The summed E-state index contributed by atoms with van der Waals surface area (Å²) in [6.45, 7) is 1.67. The van der Waals surface area contributed by atoms with Crippen LogP contribution in [0.5, 0.6) is 0 Å². The number of nitrogens with zero attached hydrogens (tertiary/aromatic N) is 1. The van der Waals surface area contributed by atoms with Crippen LogP contribution in [-0.2, 0) is 0 Å². The molecule has 19 heavy (non-hydrogen) atoms. The fourth-order valence-corrected chi connectivity index (χ4v) is 2.00. The highest BCUT2D eigenvalue weighted by molar-refractivity contribution is 7.13. The number of hydrogen-bond acceptors (Lipinski definition) is 3. The highest BCUT2D eigenvalue weighted by Gasteiger charge is 2.12. The summed E-state index contributed by atoms with van der Waals surface area (Å²) in [5.74, 6) is -1.85. The van der Waals surface area contributed by atoms with Crippen LogP contribution >= 0.6 is 11.3 Å². The van der Waals surface area contributed by atoms with E-state index in [1.54, 1.807) is 18.5 Å². The van der Waals surface area contributed by atoms with Gasteiger partial charge in [0.2, 0.25) is 0 Å². The molecule has 2 rings (SSSR count). The number of carbonyl (C=O) groups is 1. The van der Waals surface area contributed by atoms with E-state index in [0.717, 1.165) is 12.1 Å². The van der Waals surface area contributed by atoms with Crippen molar-refractivity contribution in [2.45, 2.75) is 13.0 Å². The van der Waals surface area contributed by atoms with Gasteiger partial charge in [0.25, 0.3) is 0 Å². The number of nitrogens with one attached hydrogen (secondary N) is 2. The number of carbonyl (C=O) groups excluding carboxylic acids is 1. The Labute approximate surface area is 112 Å². The molecule has 1 aromatic heterocycles. The molecule has 1 atom stereocenters. The topological polar surface area (TPSA) is 54.0 Å². The van der Waals surface area contributed by atoms with E-state index in [-0.39, 0.29) is 0 Å². The monoisotopic (exact) mass is 283 g/mol. The lowest BCUT2D eigenvalue weighted by Crippen LogP contribution is -2.31. The van der Waals surface area contributed by atoms with Crippen molar-refractivity contribution >= 4 is 22.5 Å². The van der Waals surface area contributed by atoms with Crippen LogP contribution in [0.25, 0.3) is 0 Å². The van der Waals surface area contributed by atoms with Crippen LogP contribution in [0.4, 0.5) is 18.7 Å². The SMILES string of the molecule is CC(NC(=O)Nc1nccs1)c1ccc(F)c(F)c1. The average Bonchev–Trinajstić information content (AvgIpc) is 2.85. The van der Waals surface area contributed by atoms with Gasteiger partial charge < -0.3 is 5.32 Å². The van der Waals surface area contributed by atoms with Crippen LogP contribution in [0.1, 0.15) is 18.5 Å². The van der Waals surface area contributed by atoms with Crippen molar-refractivity contribution < 1.29 is 13.6 Å². The number of benzene rings is 1. The summed E-state index contributed by atoms with van der Waals surface area (Å²) < 4.78 is 25.9. The number of hydrogen-bond donors (Lipinski definition) is 2. The van der Waals surface area contributed by atoms with Gasteiger partial charge in [-0.2, -0.15) is 0 Å². The van der Waals surface area contributed by atoms with Crippen molar-refractivity contribution in [1.82, 2.24) is 10.3 Å². The molecular formula is C12H11F2N3OS. The fourth-order valence-electron chi connectivity index (χ4n) is 1.48. The van der Waals surface area contributed by atoms with Gasteiger partial charge in [-0.25, -0.2) is 18.6 Å². The van der Waals surface area contributed by atoms with E-state index in [1.165, 1.54) is 17.4 Å². The number of halogens is 2. The molecule has 0 fully saturated rings. The standard InChI is InChI=1S/C12H11F2N3OS/c1-7(8-2-3-9(13)10(14)6-8)16-11(18)17-12-15-4-5-19-12/h2-7H,1H3,(H2,15,16,17,18). The molecule has 0 bridgehead atoms. The number of anilines is 1. The Morgan fingerprint density at radius 3 is 2.79 bits per heavy atom. The third-order valence-electron chi connectivity index (χ3n) is 2.44. The summed E-state index contributed by atoms with van der Waals surface area (Å²) in [5, 5.41) is 7.34. The Morgan fingerprint density at radius 1 is 1.37 bits per heavy atom. The van der Waals surface area contributed by atoms with Crippen molar-refractivity contribution in [3.8, 4) is 0 Å². The second-order valence-corrected chi connectivity index (χ2v) is 4.73. The summed E-state index contributed by atoms with van der Waals surface area (Å²) in [7, 11) is 0. The second-order valence-electron chi connectivity index (χ2n) is 3.83. The van der Waals surface area contributed by atoms with E-state index >= 15 is 0 Å². The number of urea groups is 1. The van der Waals surface area contributed by atoms with E-state index < -0.39 is 23.7 Å². The van der Waals surface area contributed by atoms with E-state index in [4.69, 9.17) is 0 Å². The molecular weight excluding hydrogens is 272 g/mol. The average molecular weight is 283 g/mol. The Hall–Kier alpha value is -2.02. The summed E-state index contributed by atoms with van der Waals surface area (Å²) in [5.41, 5.74) is 0.480. The first kappa shape index (κ1) is 13.4. The van der Waals surface area contributed by atoms with E-state index in [0.29, 0.717) is 10.7 Å². The van der Waals surface area contributed by atoms with Crippen LogP contribution in [0, 0.1) is 11.6 Å². The molecule has 0 saturated carbocycles. The van der Waals surface area contributed by atoms with Gasteiger partial charge in [-0.05, 0) is 24.6 Å². The molecule has 0 aliphatic heterocycles. The second kappa shape index (κ2) is 5.75. The highest BCUT2D eigenvalue weighted by atomic mass is 32.1. The van der Waals surface area contributed by atoms with Crippen molar-refractivity contribution in [2.24, 2.45) is 0 Å². The zero-order valence-corrected chi connectivity index (χ0v) is 10.8. The zero-order chi connectivity index (χ0) is 13.8. The molecule has 0 spiro atoms. The van der Waals surface area contributed by atoms with Crippen molar-refractivity contribution in [2.75, 3.05) is 5.32 Å². The van der Waals surface area contributed by atoms with Gasteiger partial charge in [0.05, 0.1) is 6.04 Å². The third-order valence-corrected chi connectivity index (χ3v) is 3.13. The molecule has 1 aromatic carbocycles. The van der Waals surface area contributed by atoms with Gasteiger partial charge in [0, 0.05) is 11.6 Å². The van der Waals surface area contributed by atoms with Crippen molar-refractivity contribution in [3.05, 3.63) is 47.0 Å². The molecule has 0 aliphatic carbocycles. The molecule has 1 unspecified atom stereocenters. The number of thiazole rings is 1. The van der Waals surface area contributed by atoms with Gasteiger partial charge in [-0.1, -0.05) is 6.07 Å². The molecule has 2 N–H and O–H groups in total. The Morgan fingerprint density at radius 2 is 2.16 bits per heavy atom. The molecule has 100 valence electrons. The smallest absolute Gasteiger partial charge is 0.321 e. The summed E-state index contributed by atoms with van der Waals surface area (Å²) in [6.07, 6.45) is 1.57. The molecule has 1 heterocycles. The maximum atomic E-state index is 13.1. The van der Waals surface area contributed by atoms with Crippen LogP contribution < -0.4 is 10.6 Å². The third kappa shape index (κ3) is 3.47. The Balaban J connectivity index is 1.98. The maximum absolute atomic E-state index is 13.1. The number of aromatic nitrogens is 1. The molecule has 2 amide bonds. The van der Waals surface area contributed by atoms with Gasteiger partial charge in [0.1, 0.15) is 0 Å². The lowest BCUT2D eigenvalue weighted by molar-refractivity contribution is 0.249. The molecule has 4 nitrogen and oxygen atoms in total. The first-order valence-corrected chi connectivity index (χ1v) is 6.36. The quantitative estimate of drug-likeness (QED) is 0.908. The van der Waals surface area contributed by atoms with Gasteiger partial charge in [-0.3, -0.25) is 5.32 Å². The maximum Gasteiger partial charge on any atom is 0.321 e. The minimum Gasteiger partial charge on any atom is -0.331 e. The highest BCUT2D eigenvalue weighted by Crippen LogP contribution is 2.16. The largest absolute Gasteiger partial charge is 0.331 e.